The van der Waals surface area contributed by atoms with Crippen molar-refractivity contribution in [2.45, 2.75) is 103 Å². The molecule has 62 heavy (non-hydrogen) atoms. The van der Waals surface area contributed by atoms with Crippen LogP contribution in [0.15, 0.2) is 90.1 Å². The van der Waals surface area contributed by atoms with Gasteiger partial charge in [0.25, 0.3) is 0 Å². The smallest absolute Gasteiger partial charge is 0.410 e. The first-order valence-electron chi connectivity index (χ1n) is 21.8. The number of rotatable bonds is 19. The van der Waals surface area contributed by atoms with Crippen LogP contribution in [0, 0.1) is 17.8 Å². The molecule has 2 heterocycles. The van der Waals surface area contributed by atoms with E-state index in [1.807, 2.05) is 57.2 Å². The van der Waals surface area contributed by atoms with E-state index < -0.39 is 29.4 Å². The lowest BCUT2D eigenvalue weighted by Gasteiger charge is -2.60. The van der Waals surface area contributed by atoms with E-state index in [2.05, 4.69) is 12.7 Å². The minimum atomic E-state index is -1.49. The van der Waals surface area contributed by atoms with Crippen LogP contribution in [0.3, 0.4) is 0 Å². The third-order valence-electron chi connectivity index (χ3n) is 12.0. The van der Waals surface area contributed by atoms with Gasteiger partial charge in [0.15, 0.2) is 11.5 Å². The summed E-state index contributed by atoms with van der Waals surface area (Å²) >= 11 is 0. The molecule has 1 saturated carbocycles. The first-order valence-corrected chi connectivity index (χ1v) is 21.8. The maximum absolute atomic E-state index is 14.5. The van der Waals surface area contributed by atoms with E-state index in [-0.39, 0.29) is 63.9 Å². The number of carbonyl (C=O) groups is 2. The van der Waals surface area contributed by atoms with Crippen LogP contribution in [-0.4, -0.2) is 83.9 Å². The number of fused-ring (bicyclic) bond motifs is 3. The van der Waals surface area contributed by atoms with Gasteiger partial charge >= 0.3 is 6.09 Å². The van der Waals surface area contributed by atoms with Gasteiger partial charge in [-0.05, 0) is 119 Å². The first kappa shape index (κ1) is 44.7. The largest absolute Gasteiger partial charge is 0.459 e. The standard InChI is InChI=1S/C49H60N2O11/c1-6-23-59-49-44(51(47(55)56-7-2)29-32-17-19-42-43(25-32)58-31-57-42)28-40(50-62-48(3,4)5)38-26-34(14-8-10-21-52)37(16-9-11-22-53)45(46(38)49)39-27-36(18-20-41(39)61-49)60-35-15-12-13-33(24-35)30-54/h6,12-13,15,17-20,24-27,30,34,37,44-46,52-53H,1,7-11,14,16,21-23,28-29,31H2,2-5H3. The Morgan fingerprint density at radius 1 is 0.968 bits per heavy atom. The van der Waals surface area contributed by atoms with E-state index in [1.165, 1.54) is 0 Å². The SMILES string of the molecule is C=CCOC12Oc3ccc(Oc4cccc(C=O)c4)cc3C3C(CCCCO)C(CCCCO)C=C(C(=NOC(C)(C)C)CC1N(Cc1ccc4c(c1)OCO4)C(=O)OCC)C32. The van der Waals surface area contributed by atoms with E-state index in [0.717, 1.165) is 48.7 Å². The van der Waals surface area contributed by atoms with Crippen molar-refractivity contribution in [1.82, 2.24) is 4.90 Å². The van der Waals surface area contributed by atoms with Crippen molar-refractivity contribution in [2.75, 3.05) is 33.2 Å². The minimum absolute atomic E-state index is 0.00503. The summed E-state index contributed by atoms with van der Waals surface area (Å²) in [6, 6.07) is 17.6. The quantitative estimate of drug-likeness (QED) is 0.0514. The van der Waals surface area contributed by atoms with Gasteiger partial charge in [-0.25, -0.2) is 4.79 Å². The predicted octanol–water partition coefficient (Wildman–Crippen LogP) is 9.11. The molecule has 13 nitrogen and oxygen atoms in total. The summed E-state index contributed by atoms with van der Waals surface area (Å²) in [7, 11) is 0. The minimum Gasteiger partial charge on any atom is -0.459 e. The number of hydrogen-bond donors (Lipinski definition) is 2. The highest BCUT2D eigenvalue weighted by Gasteiger charge is 2.65. The van der Waals surface area contributed by atoms with Gasteiger partial charge in [-0.3, -0.25) is 9.69 Å². The Morgan fingerprint density at radius 2 is 1.73 bits per heavy atom. The lowest BCUT2D eigenvalue weighted by Crippen LogP contribution is -2.70. The van der Waals surface area contributed by atoms with Gasteiger partial charge in [-0.1, -0.05) is 48.3 Å². The molecule has 3 aromatic rings. The highest BCUT2D eigenvalue weighted by molar-refractivity contribution is 6.03. The number of hydrogen-bond acceptors (Lipinski definition) is 12. The fourth-order valence-electron chi connectivity index (χ4n) is 9.44. The van der Waals surface area contributed by atoms with E-state index in [0.29, 0.717) is 52.9 Å². The van der Waals surface area contributed by atoms with Crippen molar-refractivity contribution < 1.29 is 53.1 Å². The van der Waals surface area contributed by atoms with Crippen LogP contribution in [0.5, 0.6) is 28.7 Å². The Morgan fingerprint density at radius 3 is 2.47 bits per heavy atom. The molecule has 0 radical (unpaired) electrons. The number of aliphatic hydroxyl groups is 2. The van der Waals surface area contributed by atoms with Gasteiger partial charge in [-0.2, -0.15) is 0 Å². The average molecular weight is 853 g/mol. The van der Waals surface area contributed by atoms with Gasteiger partial charge in [-0.15, -0.1) is 6.58 Å². The molecule has 2 aliphatic carbocycles. The molecule has 0 spiro atoms. The zero-order valence-electron chi connectivity index (χ0n) is 36.3. The molecule has 4 aliphatic rings. The van der Waals surface area contributed by atoms with Gasteiger partial charge < -0.3 is 43.5 Å². The Labute approximate surface area is 364 Å². The van der Waals surface area contributed by atoms with Crippen LogP contribution in [0.25, 0.3) is 0 Å². The monoisotopic (exact) mass is 852 g/mol. The second-order valence-corrected chi connectivity index (χ2v) is 17.3. The molecular formula is C49H60N2O11. The third kappa shape index (κ3) is 9.65. The first-order chi connectivity index (χ1) is 30.0. The maximum Gasteiger partial charge on any atom is 0.410 e. The summed E-state index contributed by atoms with van der Waals surface area (Å²) in [6.45, 7) is 12.3. The molecule has 332 valence electrons. The van der Waals surface area contributed by atoms with Crippen molar-refractivity contribution in [2.24, 2.45) is 22.9 Å². The normalized spacial score (nSPS) is 23.9. The maximum atomic E-state index is 14.5. The van der Waals surface area contributed by atoms with Gasteiger partial charge in [0.05, 0.1) is 24.8 Å². The average Bonchev–Trinajstić information content (AvgIpc) is 3.73. The lowest BCUT2D eigenvalue weighted by molar-refractivity contribution is -0.256. The summed E-state index contributed by atoms with van der Waals surface area (Å²) in [5.41, 5.74) is 3.13. The molecule has 2 aliphatic heterocycles. The number of unbranched alkanes of at least 4 members (excludes halogenated alkanes) is 2. The number of oxime groups is 1. The molecule has 6 atom stereocenters. The van der Waals surface area contributed by atoms with Crippen LogP contribution in [0.1, 0.15) is 100 Å². The second-order valence-electron chi connectivity index (χ2n) is 17.3. The summed E-state index contributed by atoms with van der Waals surface area (Å²) in [6.07, 6.45) is 8.87. The summed E-state index contributed by atoms with van der Waals surface area (Å²) in [5, 5.41) is 24.8. The predicted molar refractivity (Wildman–Crippen MR) is 233 cm³/mol. The number of aldehydes is 1. The fraction of sp³-hybridized carbons (Fsp3) is 0.490. The molecule has 0 bridgehead atoms. The topological polar surface area (TPSA) is 155 Å². The number of nitrogens with zero attached hydrogens (tertiary/aromatic N) is 2. The molecule has 1 fully saturated rings. The fourth-order valence-corrected chi connectivity index (χ4v) is 9.44. The number of amides is 1. The Balaban J connectivity index is 1.46. The molecule has 0 aromatic heterocycles. The Hall–Kier alpha value is -5.37. The van der Waals surface area contributed by atoms with Gasteiger partial charge in [0.1, 0.15) is 35.2 Å². The van der Waals surface area contributed by atoms with E-state index >= 15 is 0 Å². The zero-order chi connectivity index (χ0) is 43.9. The molecule has 3 aromatic carbocycles. The molecule has 6 unspecified atom stereocenters. The number of aliphatic hydroxyl groups excluding tert-OH is 2. The number of carbonyl (C=O) groups excluding carboxylic acids is 2. The molecular weight excluding hydrogens is 793 g/mol. The van der Waals surface area contributed by atoms with E-state index in [9.17, 15) is 19.8 Å². The Kier molecular flexibility index (Phi) is 14.2. The van der Waals surface area contributed by atoms with Crippen molar-refractivity contribution in [1.29, 1.82) is 0 Å². The van der Waals surface area contributed by atoms with Crippen molar-refractivity contribution in [3.63, 3.8) is 0 Å². The highest BCUT2D eigenvalue weighted by Crippen LogP contribution is 2.62. The summed E-state index contributed by atoms with van der Waals surface area (Å²) in [4.78, 5) is 34.1. The van der Waals surface area contributed by atoms with Crippen molar-refractivity contribution in [3.05, 3.63) is 102 Å². The van der Waals surface area contributed by atoms with Crippen LogP contribution >= 0.6 is 0 Å². The van der Waals surface area contributed by atoms with Crippen LogP contribution in [0.4, 0.5) is 4.79 Å². The van der Waals surface area contributed by atoms with Gasteiger partial charge in [0.2, 0.25) is 12.6 Å². The van der Waals surface area contributed by atoms with E-state index in [4.69, 9.17) is 38.4 Å². The highest BCUT2D eigenvalue weighted by atomic mass is 16.7. The zero-order valence-corrected chi connectivity index (χ0v) is 36.3. The molecule has 0 saturated heterocycles. The van der Waals surface area contributed by atoms with Crippen molar-refractivity contribution >= 4 is 18.1 Å². The van der Waals surface area contributed by atoms with Crippen LogP contribution < -0.4 is 18.9 Å². The van der Waals surface area contributed by atoms with E-state index in [1.54, 1.807) is 42.2 Å². The number of ether oxygens (including phenoxy) is 6. The van der Waals surface area contributed by atoms with Crippen LogP contribution in [-0.2, 0) is 20.9 Å². The molecule has 1 amide bonds. The van der Waals surface area contributed by atoms with Gasteiger partial charge in [0, 0.05) is 43.2 Å². The lowest BCUT2D eigenvalue weighted by atomic mass is 9.55. The Bertz CT molecular complexity index is 2130. The molecule has 13 heteroatoms. The van der Waals surface area contributed by atoms with Crippen molar-refractivity contribution in [3.8, 4) is 28.7 Å². The second kappa shape index (κ2) is 19.8. The van der Waals surface area contributed by atoms with Crippen LogP contribution in [0.2, 0.25) is 0 Å². The number of benzene rings is 3. The number of allylic oxidation sites excluding steroid dienone is 1. The summed E-state index contributed by atoms with van der Waals surface area (Å²) in [5.74, 6) is 0.609. The summed E-state index contributed by atoms with van der Waals surface area (Å²) < 4.78 is 38.1. The molecule has 7 rings (SSSR count). The third-order valence-corrected chi connectivity index (χ3v) is 12.0. The molecule has 2 N–H and O–H groups in total.